The van der Waals surface area contributed by atoms with Gasteiger partial charge in [0.15, 0.2) is 0 Å². The molecule has 0 bridgehead atoms. The molecule has 2 N–H and O–H groups in total. The van der Waals surface area contributed by atoms with Crippen LogP contribution >= 0.6 is 0 Å². The molecule has 0 saturated carbocycles. The molecule has 2 aromatic carbocycles. The standard InChI is InChI=1S/C20H16N4O2/c21-13-15-8-10-17(11-9-15)22-20(26)23-18-7-4-12-24(19(18)25)14-16-5-2-1-3-6-16/h1-12H,14H2,(H2,22,23,26). The van der Waals surface area contributed by atoms with E-state index in [1.807, 2.05) is 36.4 Å². The maximum atomic E-state index is 12.5. The minimum atomic E-state index is -0.524. The lowest BCUT2D eigenvalue weighted by atomic mass is 10.2. The molecule has 6 nitrogen and oxygen atoms in total. The van der Waals surface area contributed by atoms with Crippen molar-refractivity contribution in [3.63, 3.8) is 0 Å². The lowest BCUT2D eigenvalue weighted by molar-refractivity contribution is 0.262. The maximum Gasteiger partial charge on any atom is 0.323 e. The molecule has 3 rings (SSSR count). The van der Waals surface area contributed by atoms with Gasteiger partial charge in [-0.05, 0) is 42.0 Å². The van der Waals surface area contributed by atoms with E-state index in [-0.39, 0.29) is 11.2 Å². The highest BCUT2D eigenvalue weighted by Gasteiger charge is 2.08. The van der Waals surface area contributed by atoms with Gasteiger partial charge < -0.3 is 15.2 Å². The summed E-state index contributed by atoms with van der Waals surface area (Å²) in [6.45, 7) is 0.423. The van der Waals surface area contributed by atoms with Crippen molar-refractivity contribution in [3.8, 4) is 6.07 Å². The van der Waals surface area contributed by atoms with E-state index < -0.39 is 6.03 Å². The number of rotatable bonds is 4. The first-order valence-corrected chi connectivity index (χ1v) is 7.97. The first kappa shape index (κ1) is 17.0. The van der Waals surface area contributed by atoms with Crippen molar-refractivity contribution in [1.29, 1.82) is 5.26 Å². The SMILES string of the molecule is N#Cc1ccc(NC(=O)Nc2cccn(Cc3ccccc3)c2=O)cc1. The Balaban J connectivity index is 1.71. The predicted molar refractivity (Wildman–Crippen MR) is 100 cm³/mol. The molecule has 3 aromatic rings. The van der Waals surface area contributed by atoms with Gasteiger partial charge in [-0.15, -0.1) is 0 Å². The van der Waals surface area contributed by atoms with E-state index in [4.69, 9.17) is 5.26 Å². The quantitative estimate of drug-likeness (QED) is 0.760. The van der Waals surface area contributed by atoms with Gasteiger partial charge >= 0.3 is 6.03 Å². The van der Waals surface area contributed by atoms with Crippen molar-refractivity contribution in [2.75, 3.05) is 10.6 Å². The van der Waals surface area contributed by atoms with Crippen molar-refractivity contribution in [3.05, 3.63) is 94.4 Å². The Kier molecular flexibility index (Phi) is 5.11. The second kappa shape index (κ2) is 7.81. The third-order valence-electron chi connectivity index (χ3n) is 3.74. The third kappa shape index (κ3) is 4.16. The zero-order chi connectivity index (χ0) is 18.4. The average molecular weight is 344 g/mol. The van der Waals surface area contributed by atoms with Crippen LogP contribution in [-0.4, -0.2) is 10.6 Å². The van der Waals surface area contributed by atoms with Gasteiger partial charge in [0.25, 0.3) is 5.56 Å². The first-order valence-electron chi connectivity index (χ1n) is 7.97. The zero-order valence-electron chi connectivity index (χ0n) is 13.8. The fourth-order valence-electron chi connectivity index (χ4n) is 2.45. The molecule has 0 atom stereocenters. The maximum absolute atomic E-state index is 12.5. The molecule has 1 aromatic heterocycles. The second-order valence-corrected chi connectivity index (χ2v) is 5.61. The average Bonchev–Trinajstić information content (AvgIpc) is 2.66. The van der Waals surface area contributed by atoms with Gasteiger partial charge in [0.2, 0.25) is 0 Å². The number of anilines is 2. The number of benzene rings is 2. The molecule has 0 aliphatic heterocycles. The van der Waals surface area contributed by atoms with Crippen molar-refractivity contribution < 1.29 is 4.79 Å². The van der Waals surface area contributed by atoms with Crippen molar-refractivity contribution in [2.45, 2.75) is 6.54 Å². The predicted octanol–water partition coefficient (Wildman–Crippen LogP) is 3.41. The molecule has 0 aliphatic rings. The molecule has 1 heterocycles. The Morgan fingerprint density at radius 3 is 2.38 bits per heavy atom. The molecule has 0 radical (unpaired) electrons. The van der Waals surface area contributed by atoms with E-state index in [9.17, 15) is 9.59 Å². The number of hydrogen-bond acceptors (Lipinski definition) is 3. The molecule has 0 unspecified atom stereocenters. The summed E-state index contributed by atoms with van der Waals surface area (Å²) in [7, 11) is 0. The number of carbonyl (C=O) groups excluding carboxylic acids is 1. The largest absolute Gasteiger partial charge is 0.323 e. The topological polar surface area (TPSA) is 86.9 Å². The lowest BCUT2D eigenvalue weighted by Gasteiger charge is -2.10. The summed E-state index contributed by atoms with van der Waals surface area (Å²) in [5.74, 6) is 0. The Labute approximate surface area is 150 Å². The molecular weight excluding hydrogens is 328 g/mol. The Morgan fingerprint density at radius 1 is 0.962 bits per heavy atom. The summed E-state index contributed by atoms with van der Waals surface area (Å²) in [6, 6.07) is 20.8. The highest BCUT2D eigenvalue weighted by atomic mass is 16.2. The van der Waals surface area contributed by atoms with E-state index in [0.29, 0.717) is 17.8 Å². The number of amides is 2. The molecule has 2 amide bonds. The molecule has 0 spiro atoms. The number of pyridine rings is 1. The summed E-state index contributed by atoms with van der Waals surface area (Å²) in [5, 5.41) is 14.0. The smallest absolute Gasteiger partial charge is 0.309 e. The van der Waals surface area contributed by atoms with Crippen LogP contribution in [-0.2, 0) is 6.54 Å². The Hall–Kier alpha value is -3.85. The molecule has 0 aliphatic carbocycles. The number of hydrogen-bond donors (Lipinski definition) is 2. The number of aromatic nitrogens is 1. The van der Waals surface area contributed by atoms with Crippen LogP contribution in [0.4, 0.5) is 16.2 Å². The number of urea groups is 1. The van der Waals surface area contributed by atoms with Crippen LogP contribution in [0.25, 0.3) is 0 Å². The van der Waals surface area contributed by atoms with Crippen LogP contribution in [0.1, 0.15) is 11.1 Å². The van der Waals surface area contributed by atoms with Gasteiger partial charge in [-0.25, -0.2) is 4.79 Å². The number of nitriles is 1. The summed E-state index contributed by atoms with van der Waals surface area (Å²) in [5.41, 5.74) is 1.93. The van der Waals surface area contributed by atoms with Crippen molar-refractivity contribution in [2.24, 2.45) is 0 Å². The van der Waals surface area contributed by atoms with Gasteiger partial charge in [0.05, 0.1) is 18.2 Å². The van der Waals surface area contributed by atoms with Crippen LogP contribution in [0.3, 0.4) is 0 Å². The van der Waals surface area contributed by atoms with E-state index in [2.05, 4.69) is 10.6 Å². The van der Waals surface area contributed by atoms with E-state index in [1.54, 1.807) is 42.6 Å². The van der Waals surface area contributed by atoms with E-state index in [1.165, 1.54) is 4.57 Å². The summed E-state index contributed by atoms with van der Waals surface area (Å²) >= 11 is 0. The minimum absolute atomic E-state index is 0.189. The van der Waals surface area contributed by atoms with Gasteiger partial charge in [0.1, 0.15) is 5.69 Å². The monoisotopic (exact) mass is 344 g/mol. The Bertz CT molecular complexity index is 1000. The molecule has 26 heavy (non-hydrogen) atoms. The highest BCUT2D eigenvalue weighted by molar-refractivity contribution is 5.99. The van der Waals surface area contributed by atoms with Crippen LogP contribution in [0.5, 0.6) is 0 Å². The van der Waals surface area contributed by atoms with Gasteiger partial charge in [-0.2, -0.15) is 5.26 Å². The van der Waals surface area contributed by atoms with Crippen LogP contribution < -0.4 is 16.2 Å². The number of carbonyl (C=O) groups is 1. The van der Waals surface area contributed by atoms with Crippen LogP contribution in [0.15, 0.2) is 77.7 Å². The van der Waals surface area contributed by atoms with Gasteiger partial charge in [0, 0.05) is 11.9 Å². The molecule has 128 valence electrons. The molecule has 6 heteroatoms. The van der Waals surface area contributed by atoms with Gasteiger partial charge in [-0.1, -0.05) is 30.3 Å². The minimum Gasteiger partial charge on any atom is -0.309 e. The third-order valence-corrected chi connectivity index (χ3v) is 3.74. The normalized spacial score (nSPS) is 9.96. The van der Waals surface area contributed by atoms with E-state index in [0.717, 1.165) is 5.56 Å². The molecule has 0 fully saturated rings. The second-order valence-electron chi connectivity index (χ2n) is 5.61. The summed E-state index contributed by atoms with van der Waals surface area (Å²) in [4.78, 5) is 24.7. The number of nitrogens with zero attached hydrogens (tertiary/aromatic N) is 2. The highest BCUT2D eigenvalue weighted by Crippen LogP contribution is 2.10. The Morgan fingerprint density at radius 2 is 1.69 bits per heavy atom. The fourth-order valence-corrected chi connectivity index (χ4v) is 2.45. The zero-order valence-corrected chi connectivity index (χ0v) is 13.8. The molecule has 0 saturated heterocycles. The van der Waals surface area contributed by atoms with Crippen molar-refractivity contribution in [1.82, 2.24) is 4.57 Å². The molecular formula is C20H16N4O2. The van der Waals surface area contributed by atoms with E-state index >= 15 is 0 Å². The van der Waals surface area contributed by atoms with Crippen LogP contribution in [0.2, 0.25) is 0 Å². The number of nitrogens with one attached hydrogen (secondary N) is 2. The van der Waals surface area contributed by atoms with Crippen LogP contribution in [0, 0.1) is 11.3 Å². The lowest BCUT2D eigenvalue weighted by Crippen LogP contribution is -2.28. The fraction of sp³-hybridized carbons (Fsp3) is 0.0500. The van der Waals surface area contributed by atoms with Crippen molar-refractivity contribution >= 4 is 17.4 Å². The van der Waals surface area contributed by atoms with Gasteiger partial charge in [-0.3, -0.25) is 4.79 Å². The summed E-state index contributed by atoms with van der Waals surface area (Å²) < 4.78 is 1.53. The first-order chi connectivity index (χ1) is 12.7. The summed E-state index contributed by atoms with van der Waals surface area (Å²) in [6.07, 6.45) is 1.68.